The van der Waals surface area contributed by atoms with Gasteiger partial charge >= 0.3 is 6.03 Å². The zero-order valence-corrected chi connectivity index (χ0v) is 11.5. The van der Waals surface area contributed by atoms with Gasteiger partial charge in [-0.1, -0.05) is 36.4 Å². The topological polar surface area (TPSA) is 58.2 Å². The fraction of sp³-hybridized carbons (Fsp3) is 0.125. The maximum atomic E-state index is 13.3. The molecule has 5 heteroatoms. The van der Waals surface area contributed by atoms with Gasteiger partial charge in [0.05, 0.1) is 6.42 Å². The molecule has 0 bridgehead atoms. The lowest BCUT2D eigenvalue weighted by atomic mass is 10.1. The number of rotatable bonds is 3. The summed E-state index contributed by atoms with van der Waals surface area (Å²) in [7, 11) is 0. The van der Waals surface area contributed by atoms with Gasteiger partial charge in [-0.25, -0.2) is 9.18 Å². The lowest BCUT2D eigenvalue weighted by Gasteiger charge is -2.07. The lowest BCUT2D eigenvalue weighted by molar-refractivity contribution is -0.119. The average molecular weight is 286 g/mol. The molecule has 0 saturated carbocycles. The molecule has 0 spiro atoms. The summed E-state index contributed by atoms with van der Waals surface area (Å²) in [4.78, 5) is 23.3. The molecular weight excluding hydrogens is 271 g/mol. The highest BCUT2D eigenvalue weighted by molar-refractivity contribution is 6.01. The van der Waals surface area contributed by atoms with Crippen LogP contribution in [0.15, 0.2) is 48.5 Å². The van der Waals surface area contributed by atoms with E-state index in [0.29, 0.717) is 11.3 Å². The van der Waals surface area contributed by atoms with E-state index in [2.05, 4.69) is 10.6 Å². The van der Waals surface area contributed by atoms with E-state index in [-0.39, 0.29) is 6.42 Å². The van der Waals surface area contributed by atoms with Crippen LogP contribution in [0.2, 0.25) is 0 Å². The summed E-state index contributed by atoms with van der Waals surface area (Å²) < 4.78 is 13.3. The van der Waals surface area contributed by atoms with E-state index in [0.717, 1.165) is 5.56 Å². The van der Waals surface area contributed by atoms with Gasteiger partial charge in [-0.05, 0) is 30.2 Å². The molecule has 0 aliphatic rings. The van der Waals surface area contributed by atoms with Crippen LogP contribution in [0.25, 0.3) is 0 Å². The minimum Gasteiger partial charge on any atom is -0.308 e. The Hall–Kier alpha value is -2.69. The highest BCUT2D eigenvalue weighted by Gasteiger charge is 2.09. The van der Waals surface area contributed by atoms with Gasteiger partial charge < -0.3 is 5.32 Å². The number of anilines is 1. The highest BCUT2D eigenvalue weighted by Crippen LogP contribution is 2.13. The summed E-state index contributed by atoms with van der Waals surface area (Å²) in [5, 5.41) is 4.62. The average Bonchev–Trinajstić information content (AvgIpc) is 2.43. The molecule has 108 valence electrons. The number of halogens is 1. The SMILES string of the molecule is Cc1ccc(NC(=O)NC(=O)Cc2ccccc2)cc1F. The van der Waals surface area contributed by atoms with Gasteiger partial charge in [0.1, 0.15) is 5.82 Å². The number of nitrogens with one attached hydrogen (secondary N) is 2. The Kier molecular flexibility index (Phi) is 4.66. The zero-order chi connectivity index (χ0) is 15.2. The Morgan fingerprint density at radius 3 is 2.48 bits per heavy atom. The molecule has 0 unspecified atom stereocenters. The maximum Gasteiger partial charge on any atom is 0.325 e. The van der Waals surface area contributed by atoms with Crippen molar-refractivity contribution in [2.75, 3.05) is 5.32 Å². The van der Waals surface area contributed by atoms with E-state index in [1.807, 2.05) is 18.2 Å². The standard InChI is InChI=1S/C16H15FN2O2/c1-11-7-8-13(10-14(11)17)18-16(21)19-15(20)9-12-5-3-2-4-6-12/h2-8,10H,9H2,1H3,(H2,18,19,20,21). The van der Waals surface area contributed by atoms with E-state index in [4.69, 9.17) is 0 Å². The molecule has 2 N–H and O–H groups in total. The number of imide groups is 1. The predicted octanol–water partition coefficient (Wildman–Crippen LogP) is 3.02. The van der Waals surface area contributed by atoms with Crippen molar-refractivity contribution in [1.29, 1.82) is 0 Å². The summed E-state index contributed by atoms with van der Waals surface area (Å²) >= 11 is 0. The number of urea groups is 1. The molecule has 0 saturated heterocycles. The first-order valence-corrected chi connectivity index (χ1v) is 6.45. The minimum absolute atomic E-state index is 0.108. The van der Waals surface area contributed by atoms with Gasteiger partial charge in [0.15, 0.2) is 0 Å². The van der Waals surface area contributed by atoms with Crippen LogP contribution in [0.5, 0.6) is 0 Å². The van der Waals surface area contributed by atoms with E-state index in [1.165, 1.54) is 6.07 Å². The molecule has 0 atom stereocenters. The van der Waals surface area contributed by atoms with E-state index in [9.17, 15) is 14.0 Å². The second kappa shape index (κ2) is 6.65. The summed E-state index contributed by atoms with van der Waals surface area (Å²) in [5.74, 6) is -0.838. The van der Waals surface area contributed by atoms with Gasteiger partial charge in [0, 0.05) is 5.69 Å². The summed E-state index contributed by atoms with van der Waals surface area (Å²) in [6.07, 6.45) is 0.108. The van der Waals surface area contributed by atoms with Crippen LogP contribution in [0.4, 0.5) is 14.9 Å². The zero-order valence-electron chi connectivity index (χ0n) is 11.5. The number of hydrogen-bond acceptors (Lipinski definition) is 2. The molecule has 0 radical (unpaired) electrons. The van der Waals surface area contributed by atoms with E-state index in [1.54, 1.807) is 31.2 Å². The fourth-order valence-electron chi connectivity index (χ4n) is 1.79. The second-order valence-corrected chi connectivity index (χ2v) is 4.63. The third kappa shape index (κ3) is 4.42. The molecule has 21 heavy (non-hydrogen) atoms. The molecule has 0 aliphatic carbocycles. The third-order valence-electron chi connectivity index (χ3n) is 2.89. The van der Waals surface area contributed by atoms with Crippen molar-refractivity contribution >= 4 is 17.6 Å². The molecule has 2 rings (SSSR count). The second-order valence-electron chi connectivity index (χ2n) is 4.63. The van der Waals surface area contributed by atoms with Crippen LogP contribution >= 0.6 is 0 Å². The number of hydrogen-bond donors (Lipinski definition) is 2. The number of amides is 3. The van der Waals surface area contributed by atoms with Crippen molar-refractivity contribution in [3.05, 3.63) is 65.5 Å². The Balaban J connectivity index is 1.89. The quantitative estimate of drug-likeness (QED) is 0.911. The van der Waals surface area contributed by atoms with Gasteiger partial charge in [-0.3, -0.25) is 10.1 Å². The van der Waals surface area contributed by atoms with Crippen molar-refractivity contribution < 1.29 is 14.0 Å². The Morgan fingerprint density at radius 1 is 1.10 bits per heavy atom. The fourth-order valence-corrected chi connectivity index (χ4v) is 1.79. The number of aryl methyl sites for hydroxylation is 1. The van der Waals surface area contributed by atoms with Crippen molar-refractivity contribution in [3.63, 3.8) is 0 Å². The van der Waals surface area contributed by atoms with Crippen molar-refractivity contribution in [2.45, 2.75) is 13.3 Å². The smallest absolute Gasteiger partial charge is 0.308 e. The molecule has 0 aliphatic heterocycles. The first-order valence-electron chi connectivity index (χ1n) is 6.45. The largest absolute Gasteiger partial charge is 0.325 e. The molecule has 2 aromatic carbocycles. The first kappa shape index (κ1) is 14.7. The molecule has 0 aromatic heterocycles. The van der Waals surface area contributed by atoms with Crippen LogP contribution in [0.3, 0.4) is 0 Å². The number of benzene rings is 2. The normalized spacial score (nSPS) is 10.0. The van der Waals surface area contributed by atoms with E-state index >= 15 is 0 Å². The first-order chi connectivity index (χ1) is 10.0. The van der Waals surface area contributed by atoms with E-state index < -0.39 is 17.8 Å². The molecule has 3 amide bonds. The van der Waals surface area contributed by atoms with Crippen molar-refractivity contribution in [3.8, 4) is 0 Å². The predicted molar refractivity (Wildman–Crippen MR) is 78.4 cm³/mol. The van der Waals surface area contributed by atoms with Gasteiger partial charge in [-0.15, -0.1) is 0 Å². The Labute approximate surface area is 122 Å². The monoisotopic (exact) mass is 286 g/mol. The van der Waals surface area contributed by atoms with Gasteiger partial charge in [0.2, 0.25) is 5.91 Å². The van der Waals surface area contributed by atoms with Crippen LogP contribution in [-0.2, 0) is 11.2 Å². The molecule has 2 aromatic rings. The van der Waals surface area contributed by atoms with Gasteiger partial charge in [-0.2, -0.15) is 0 Å². The highest BCUT2D eigenvalue weighted by atomic mass is 19.1. The third-order valence-corrected chi connectivity index (χ3v) is 2.89. The van der Waals surface area contributed by atoms with Crippen LogP contribution in [0, 0.1) is 12.7 Å². The lowest BCUT2D eigenvalue weighted by Crippen LogP contribution is -2.35. The number of carbonyl (C=O) groups excluding carboxylic acids is 2. The van der Waals surface area contributed by atoms with Crippen LogP contribution in [-0.4, -0.2) is 11.9 Å². The molecule has 4 nitrogen and oxygen atoms in total. The maximum absolute atomic E-state index is 13.3. The van der Waals surface area contributed by atoms with Crippen LogP contribution in [0.1, 0.15) is 11.1 Å². The Bertz CT molecular complexity index is 657. The summed E-state index contributed by atoms with van der Waals surface area (Å²) in [6, 6.07) is 12.7. The van der Waals surface area contributed by atoms with Crippen molar-refractivity contribution in [2.24, 2.45) is 0 Å². The van der Waals surface area contributed by atoms with Crippen molar-refractivity contribution in [1.82, 2.24) is 5.32 Å². The Morgan fingerprint density at radius 2 is 1.81 bits per heavy atom. The minimum atomic E-state index is -0.681. The summed E-state index contributed by atoms with van der Waals surface area (Å²) in [6.45, 7) is 1.63. The van der Waals surface area contributed by atoms with Gasteiger partial charge in [0.25, 0.3) is 0 Å². The summed E-state index contributed by atoms with van der Waals surface area (Å²) in [5.41, 5.74) is 1.59. The number of carbonyl (C=O) groups is 2. The van der Waals surface area contributed by atoms with Crippen LogP contribution < -0.4 is 10.6 Å². The molecule has 0 heterocycles. The molecule has 0 fully saturated rings. The molecular formula is C16H15FN2O2.